The van der Waals surface area contributed by atoms with E-state index in [1.54, 1.807) is 0 Å². The highest BCUT2D eigenvalue weighted by Crippen LogP contribution is 2.24. The van der Waals surface area contributed by atoms with Crippen LogP contribution in [0.5, 0.6) is 0 Å². The summed E-state index contributed by atoms with van der Waals surface area (Å²) in [4.78, 5) is 22.2. The average molecular weight is 566 g/mol. The van der Waals surface area contributed by atoms with Crippen LogP contribution in [0.1, 0.15) is 29.8 Å². The number of benzene rings is 2. The van der Waals surface area contributed by atoms with E-state index in [-0.39, 0.29) is 5.91 Å². The van der Waals surface area contributed by atoms with Crippen molar-refractivity contribution in [1.29, 1.82) is 0 Å². The fourth-order valence-electron chi connectivity index (χ4n) is 5.21. The number of carbonyl (C=O) groups excluding carboxylic acids is 1. The van der Waals surface area contributed by atoms with E-state index in [9.17, 15) is 4.79 Å². The maximum Gasteiger partial charge on any atom is 0.220 e. The Morgan fingerprint density at radius 2 is 1.74 bits per heavy atom. The molecular formula is C30H34Cl2N6O. The van der Waals surface area contributed by atoms with E-state index in [1.807, 2.05) is 66.9 Å². The van der Waals surface area contributed by atoms with Gasteiger partial charge in [0.15, 0.2) is 5.65 Å². The lowest BCUT2D eigenvalue weighted by Gasteiger charge is -2.36. The van der Waals surface area contributed by atoms with Gasteiger partial charge in [-0.2, -0.15) is 5.10 Å². The quantitative estimate of drug-likeness (QED) is 0.269. The third-order valence-electron chi connectivity index (χ3n) is 7.42. The van der Waals surface area contributed by atoms with Gasteiger partial charge in [-0.25, -0.2) is 9.50 Å². The van der Waals surface area contributed by atoms with Crippen molar-refractivity contribution in [3.05, 3.63) is 81.6 Å². The highest BCUT2D eigenvalue weighted by Gasteiger charge is 2.18. The fourth-order valence-corrected chi connectivity index (χ4v) is 5.52. The highest BCUT2D eigenvalue weighted by molar-refractivity contribution is 6.31. The highest BCUT2D eigenvalue weighted by atomic mass is 35.5. The van der Waals surface area contributed by atoms with Gasteiger partial charge in [-0.15, -0.1) is 0 Å². The number of halogens is 2. The molecule has 0 unspecified atom stereocenters. The minimum atomic E-state index is 0.0713. The third kappa shape index (κ3) is 6.72. The second-order valence-electron chi connectivity index (χ2n) is 10.1. The zero-order valence-corrected chi connectivity index (χ0v) is 24.0. The number of hydrogen-bond donors (Lipinski definition) is 1. The smallest absolute Gasteiger partial charge is 0.220 e. The summed E-state index contributed by atoms with van der Waals surface area (Å²) in [6.45, 7) is 9.72. The minimum Gasteiger partial charge on any atom is -0.369 e. The van der Waals surface area contributed by atoms with Crippen LogP contribution < -0.4 is 10.2 Å². The zero-order chi connectivity index (χ0) is 27.4. The summed E-state index contributed by atoms with van der Waals surface area (Å²) in [7, 11) is 0. The minimum absolute atomic E-state index is 0.0713. The van der Waals surface area contributed by atoms with Crippen LogP contribution in [0.3, 0.4) is 0 Å². The monoisotopic (exact) mass is 564 g/mol. The molecule has 204 valence electrons. The molecule has 5 rings (SSSR count). The number of aromatic nitrogens is 3. The van der Waals surface area contributed by atoms with Crippen molar-refractivity contribution in [3.63, 3.8) is 0 Å². The van der Waals surface area contributed by atoms with Crippen molar-refractivity contribution >= 4 is 40.4 Å². The topological polar surface area (TPSA) is 65.8 Å². The average Bonchev–Trinajstić information content (AvgIpc) is 3.36. The predicted molar refractivity (Wildman–Crippen MR) is 159 cm³/mol. The van der Waals surface area contributed by atoms with Crippen molar-refractivity contribution in [2.75, 3.05) is 44.2 Å². The molecule has 4 aromatic rings. The first kappa shape index (κ1) is 27.4. The van der Waals surface area contributed by atoms with Crippen molar-refractivity contribution in [2.24, 2.45) is 0 Å². The van der Waals surface area contributed by atoms with Crippen LogP contribution in [-0.4, -0.2) is 64.7 Å². The number of anilines is 1. The van der Waals surface area contributed by atoms with Crippen LogP contribution in [-0.2, 0) is 11.2 Å². The van der Waals surface area contributed by atoms with Gasteiger partial charge in [0.25, 0.3) is 0 Å². The van der Waals surface area contributed by atoms with Gasteiger partial charge in [0.05, 0.1) is 5.69 Å². The molecule has 1 fully saturated rings. The van der Waals surface area contributed by atoms with Gasteiger partial charge < -0.3 is 10.2 Å². The van der Waals surface area contributed by atoms with E-state index >= 15 is 0 Å². The van der Waals surface area contributed by atoms with Gasteiger partial charge in [0.1, 0.15) is 0 Å². The maximum atomic E-state index is 12.6. The molecule has 7 nitrogen and oxygen atoms in total. The Morgan fingerprint density at radius 1 is 0.974 bits per heavy atom. The predicted octanol–water partition coefficient (Wildman–Crippen LogP) is 5.58. The van der Waals surface area contributed by atoms with Crippen LogP contribution >= 0.6 is 23.2 Å². The summed E-state index contributed by atoms with van der Waals surface area (Å²) in [5.74, 6) is 0.0713. The molecule has 0 bridgehead atoms. The number of amides is 1. The second kappa shape index (κ2) is 12.4. The maximum absolute atomic E-state index is 12.6. The van der Waals surface area contributed by atoms with Gasteiger partial charge in [-0.3, -0.25) is 9.69 Å². The first-order valence-electron chi connectivity index (χ1n) is 13.5. The lowest BCUT2D eigenvalue weighted by Crippen LogP contribution is -2.47. The van der Waals surface area contributed by atoms with Crippen molar-refractivity contribution < 1.29 is 4.79 Å². The molecule has 3 heterocycles. The van der Waals surface area contributed by atoms with E-state index in [4.69, 9.17) is 33.3 Å². The van der Waals surface area contributed by atoms with E-state index in [0.717, 1.165) is 78.0 Å². The normalized spacial score (nSPS) is 14.2. The molecule has 0 atom stereocenters. The summed E-state index contributed by atoms with van der Waals surface area (Å²) in [6, 6.07) is 17.7. The number of nitrogens with zero attached hydrogens (tertiary/aromatic N) is 5. The summed E-state index contributed by atoms with van der Waals surface area (Å²) in [6.07, 6.45) is 2.00. The Labute approximate surface area is 239 Å². The second-order valence-corrected chi connectivity index (χ2v) is 11.0. The molecule has 9 heteroatoms. The fraction of sp³-hybridized carbons (Fsp3) is 0.367. The summed E-state index contributed by atoms with van der Waals surface area (Å²) < 4.78 is 1.87. The molecule has 39 heavy (non-hydrogen) atoms. The Morgan fingerprint density at radius 3 is 2.49 bits per heavy atom. The van der Waals surface area contributed by atoms with E-state index in [0.29, 0.717) is 24.4 Å². The van der Waals surface area contributed by atoms with Gasteiger partial charge in [0.2, 0.25) is 5.91 Å². The van der Waals surface area contributed by atoms with E-state index in [2.05, 4.69) is 21.2 Å². The van der Waals surface area contributed by atoms with Gasteiger partial charge in [-0.1, -0.05) is 41.4 Å². The molecule has 1 amide bonds. The SMILES string of the molecule is Cc1nc2cc(-c3ccc(Cl)cc3)nn2c(C)c1CCC(=O)NCCCN1CCN(c2cccc(Cl)c2)CC1. The molecule has 1 aliphatic rings. The van der Waals surface area contributed by atoms with Gasteiger partial charge in [-0.05, 0) is 69.1 Å². The lowest BCUT2D eigenvalue weighted by atomic mass is 10.1. The molecule has 2 aromatic heterocycles. The Bertz CT molecular complexity index is 1440. The number of hydrogen-bond acceptors (Lipinski definition) is 5. The molecule has 0 radical (unpaired) electrons. The van der Waals surface area contributed by atoms with Crippen LogP contribution in [0.25, 0.3) is 16.9 Å². The summed E-state index contributed by atoms with van der Waals surface area (Å²) in [5, 5.41) is 9.33. The number of piperazine rings is 1. The Hall–Kier alpha value is -3.13. The van der Waals surface area contributed by atoms with E-state index < -0.39 is 0 Å². The van der Waals surface area contributed by atoms with Crippen molar-refractivity contribution in [3.8, 4) is 11.3 Å². The van der Waals surface area contributed by atoms with Gasteiger partial charge >= 0.3 is 0 Å². The number of aryl methyl sites for hydroxylation is 2. The number of fused-ring (bicyclic) bond motifs is 1. The molecule has 1 saturated heterocycles. The van der Waals surface area contributed by atoms with Crippen molar-refractivity contribution in [2.45, 2.75) is 33.1 Å². The van der Waals surface area contributed by atoms with E-state index in [1.165, 1.54) is 5.69 Å². The molecule has 2 aromatic carbocycles. The third-order valence-corrected chi connectivity index (χ3v) is 7.91. The summed E-state index contributed by atoms with van der Waals surface area (Å²) in [5.41, 5.74) is 6.85. The van der Waals surface area contributed by atoms with Gasteiger partial charge in [0, 0.05) is 77.9 Å². The Kier molecular flexibility index (Phi) is 8.70. The molecule has 1 aliphatic heterocycles. The molecular weight excluding hydrogens is 531 g/mol. The zero-order valence-electron chi connectivity index (χ0n) is 22.5. The number of rotatable bonds is 9. The van der Waals surface area contributed by atoms with Crippen molar-refractivity contribution in [1.82, 2.24) is 24.8 Å². The molecule has 1 N–H and O–H groups in total. The molecule has 0 aliphatic carbocycles. The largest absolute Gasteiger partial charge is 0.369 e. The molecule has 0 spiro atoms. The van der Waals surface area contributed by atoms with Crippen LogP contribution in [0.2, 0.25) is 10.0 Å². The Balaban J connectivity index is 1.07. The molecule has 0 saturated carbocycles. The first-order valence-corrected chi connectivity index (χ1v) is 14.2. The summed E-state index contributed by atoms with van der Waals surface area (Å²) >= 11 is 12.2. The number of nitrogens with one attached hydrogen (secondary N) is 1. The number of carbonyl (C=O) groups is 1. The first-order chi connectivity index (χ1) is 18.9. The van der Waals surface area contributed by atoms with Crippen LogP contribution in [0.15, 0.2) is 54.6 Å². The standard InChI is InChI=1S/C30H34Cl2N6O/c1-21-27(22(2)38-29(34-21)20-28(35-38)23-7-9-24(31)10-8-23)11-12-30(39)33-13-4-14-36-15-17-37(18-16-36)26-6-3-5-25(32)19-26/h3,5-10,19-20H,4,11-18H2,1-2H3,(H,33,39). The van der Waals surface area contributed by atoms with Crippen LogP contribution in [0, 0.1) is 13.8 Å². The lowest BCUT2D eigenvalue weighted by molar-refractivity contribution is -0.121. The van der Waals surface area contributed by atoms with Crippen LogP contribution in [0.4, 0.5) is 5.69 Å².